The zero-order valence-corrected chi connectivity index (χ0v) is 15.5. The lowest BCUT2D eigenvalue weighted by molar-refractivity contribution is 0.0962. The van der Waals surface area contributed by atoms with Crippen LogP contribution in [0, 0.1) is 19.7 Å². The maximum Gasteiger partial charge on any atom is 0.252 e. The fourth-order valence-corrected chi connectivity index (χ4v) is 3.45. The second kappa shape index (κ2) is 6.57. The summed E-state index contributed by atoms with van der Waals surface area (Å²) in [4.78, 5) is 16.9. The smallest absolute Gasteiger partial charge is 0.252 e. The molecule has 0 bridgehead atoms. The van der Waals surface area contributed by atoms with Gasteiger partial charge in [-0.2, -0.15) is 0 Å². The van der Waals surface area contributed by atoms with Crippen molar-refractivity contribution in [3.8, 4) is 5.75 Å². The zero-order chi connectivity index (χ0) is 19.1. The average molecular weight is 368 g/mol. The van der Waals surface area contributed by atoms with Crippen molar-refractivity contribution in [3.05, 3.63) is 58.8 Å². The van der Waals surface area contributed by atoms with Crippen molar-refractivity contribution in [2.75, 3.05) is 19.0 Å². The summed E-state index contributed by atoms with van der Waals surface area (Å²) in [5, 5.41) is 6.16. The Kier molecular flexibility index (Phi) is 4.22. The van der Waals surface area contributed by atoms with Gasteiger partial charge in [0.1, 0.15) is 11.6 Å². The molecule has 1 aliphatic rings. The monoisotopic (exact) mass is 368 g/mol. The van der Waals surface area contributed by atoms with E-state index in [4.69, 9.17) is 4.74 Å². The van der Waals surface area contributed by atoms with Crippen molar-refractivity contribution in [3.63, 3.8) is 0 Å². The van der Waals surface area contributed by atoms with Gasteiger partial charge in [0.25, 0.3) is 5.91 Å². The average Bonchev–Trinajstić information content (AvgIpc) is 2.95. The van der Waals surface area contributed by atoms with E-state index in [1.54, 1.807) is 25.4 Å². The highest BCUT2D eigenvalue weighted by Gasteiger charge is 2.24. The second-order valence-electron chi connectivity index (χ2n) is 6.71. The van der Waals surface area contributed by atoms with Crippen LogP contribution in [0.2, 0.25) is 0 Å². The van der Waals surface area contributed by atoms with Crippen LogP contribution in [0.3, 0.4) is 0 Å². The third-order valence-electron chi connectivity index (χ3n) is 5.03. The molecule has 0 spiro atoms. The predicted molar refractivity (Wildman–Crippen MR) is 101 cm³/mol. The van der Waals surface area contributed by atoms with Crippen LogP contribution in [-0.2, 0) is 0 Å². The number of hydrogen-bond acceptors (Lipinski definition) is 4. The topological polar surface area (TPSA) is 67.7 Å². The van der Waals surface area contributed by atoms with Gasteiger partial charge in [0.2, 0.25) is 0 Å². The largest absolute Gasteiger partial charge is 0.493 e. The van der Waals surface area contributed by atoms with Gasteiger partial charge in [-0.25, -0.2) is 9.37 Å². The van der Waals surface area contributed by atoms with E-state index >= 15 is 0 Å². The number of fused-ring (bicyclic) bond motifs is 2. The quantitative estimate of drug-likeness (QED) is 0.744. The van der Waals surface area contributed by atoms with Crippen LogP contribution in [0.25, 0.3) is 5.65 Å². The van der Waals surface area contributed by atoms with Gasteiger partial charge in [0, 0.05) is 37.0 Å². The van der Waals surface area contributed by atoms with E-state index in [1.807, 2.05) is 18.2 Å². The lowest BCUT2D eigenvalue weighted by Gasteiger charge is -2.27. The molecule has 1 amide bonds. The Balaban J connectivity index is 1.80. The fraction of sp³-hybridized carbons (Fsp3) is 0.300. The summed E-state index contributed by atoms with van der Waals surface area (Å²) in [6, 6.07) is 6.32. The molecule has 2 aromatic heterocycles. The number of pyridine rings is 1. The molecule has 6 nitrogen and oxygen atoms in total. The number of anilines is 1. The molecule has 1 aliphatic heterocycles. The van der Waals surface area contributed by atoms with E-state index in [0.29, 0.717) is 17.9 Å². The van der Waals surface area contributed by atoms with Crippen molar-refractivity contribution >= 4 is 17.2 Å². The number of carbonyl (C=O) groups is 1. The number of imidazole rings is 1. The van der Waals surface area contributed by atoms with E-state index in [-0.39, 0.29) is 17.8 Å². The number of nitrogens with zero attached hydrogens (tertiary/aromatic N) is 2. The molecule has 7 heteroatoms. The molecule has 2 N–H and O–H groups in total. The minimum Gasteiger partial charge on any atom is -0.493 e. The van der Waals surface area contributed by atoms with Crippen LogP contribution in [-0.4, -0.2) is 28.9 Å². The third-order valence-corrected chi connectivity index (χ3v) is 5.03. The Hall–Kier alpha value is -3.09. The number of amides is 1. The lowest BCUT2D eigenvalue weighted by Crippen LogP contribution is -2.22. The second-order valence-corrected chi connectivity index (χ2v) is 6.71. The van der Waals surface area contributed by atoms with Gasteiger partial charge < -0.3 is 19.8 Å². The number of benzene rings is 1. The summed E-state index contributed by atoms with van der Waals surface area (Å²) in [5.41, 5.74) is 4.84. The van der Waals surface area contributed by atoms with Crippen molar-refractivity contribution < 1.29 is 13.9 Å². The molecule has 4 rings (SSSR count). The van der Waals surface area contributed by atoms with Crippen LogP contribution in [0.4, 0.5) is 10.1 Å². The normalized spacial score (nSPS) is 15.9. The Morgan fingerprint density at radius 3 is 2.93 bits per heavy atom. The molecule has 1 aromatic carbocycles. The number of halogens is 1. The first-order chi connectivity index (χ1) is 13.0. The zero-order valence-electron chi connectivity index (χ0n) is 15.5. The van der Waals surface area contributed by atoms with Crippen LogP contribution >= 0.6 is 0 Å². The summed E-state index contributed by atoms with van der Waals surface area (Å²) in [7, 11) is 1.61. The van der Waals surface area contributed by atoms with Gasteiger partial charge in [0.15, 0.2) is 5.65 Å². The lowest BCUT2D eigenvalue weighted by atomic mass is 10.00. The number of aryl methyl sites for hydroxylation is 2. The van der Waals surface area contributed by atoms with Gasteiger partial charge in [-0.15, -0.1) is 0 Å². The molecule has 3 heterocycles. The summed E-state index contributed by atoms with van der Waals surface area (Å²) in [5.74, 6) is 0.0611. The van der Waals surface area contributed by atoms with Crippen molar-refractivity contribution in [2.24, 2.45) is 0 Å². The molecule has 0 saturated heterocycles. The molecule has 27 heavy (non-hydrogen) atoms. The Bertz CT molecular complexity index is 1040. The summed E-state index contributed by atoms with van der Waals surface area (Å²) in [6.45, 7) is 4.41. The van der Waals surface area contributed by atoms with Crippen LogP contribution in [0.15, 0.2) is 30.5 Å². The van der Waals surface area contributed by atoms with Crippen LogP contribution < -0.4 is 15.4 Å². The molecule has 3 aromatic rings. The molecule has 1 atom stereocenters. The Morgan fingerprint density at radius 2 is 2.15 bits per heavy atom. The summed E-state index contributed by atoms with van der Waals surface area (Å²) in [6.07, 6.45) is 2.52. The summed E-state index contributed by atoms with van der Waals surface area (Å²) < 4.78 is 21.0. The van der Waals surface area contributed by atoms with Crippen molar-refractivity contribution in [1.82, 2.24) is 14.7 Å². The standard InChI is InChI=1S/C20H21FN4O2/c1-11-12(2)25-10-13(20(26)22-3)8-17(19(25)23-11)24-16-6-7-27-18-9-14(21)4-5-15(16)18/h4-5,8-10,16,24H,6-7H2,1-3H3,(H,22,26). The molecule has 140 valence electrons. The van der Waals surface area contributed by atoms with Gasteiger partial charge in [-0.05, 0) is 26.0 Å². The number of aromatic nitrogens is 2. The molecule has 0 saturated carbocycles. The number of carbonyl (C=O) groups excluding carboxylic acids is 1. The molecule has 0 fully saturated rings. The van der Waals surface area contributed by atoms with E-state index in [9.17, 15) is 9.18 Å². The highest BCUT2D eigenvalue weighted by molar-refractivity contribution is 5.95. The van der Waals surface area contributed by atoms with Crippen molar-refractivity contribution in [2.45, 2.75) is 26.3 Å². The maximum absolute atomic E-state index is 13.5. The van der Waals surface area contributed by atoms with Gasteiger partial charge in [-0.3, -0.25) is 4.79 Å². The third kappa shape index (κ3) is 2.99. The highest BCUT2D eigenvalue weighted by atomic mass is 19.1. The van der Waals surface area contributed by atoms with Gasteiger partial charge in [0.05, 0.1) is 29.6 Å². The fourth-order valence-electron chi connectivity index (χ4n) is 3.45. The van der Waals surface area contributed by atoms with E-state index in [0.717, 1.165) is 34.7 Å². The highest BCUT2D eigenvalue weighted by Crippen LogP contribution is 2.36. The molecular weight excluding hydrogens is 347 g/mol. The van der Waals surface area contributed by atoms with E-state index in [1.165, 1.54) is 12.1 Å². The minimum atomic E-state index is -0.321. The first kappa shape index (κ1) is 17.3. The number of nitrogens with one attached hydrogen (secondary N) is 2. The van der Waals surface area contributed by atoms with Crippen LogP contribution in [0.1, 0.15) is 39.8 Å². The number of rotatable bonds is 3. The minimum absolute atomic E-state index is 0.0598. The van der Waals surface area contributed by atoms with Crippen LogP contribution in [0.5, 0.6) is 5.75 Å². The first-order valence-electron chi connectivity index (χ1n) is 8.88. The first-order valence-corrected chi connectivity index (χ1v) is 8.88. The molecule has 0 radical (unpaired) electrons. The predicted octanol–water partition coefficient (Wildman–Crippen LogP) is 3.39. The number of ether oxygens (including phenoxy) is 1. The van der Waals surface area contributed by atoms with E-state index < -0.39 is 0 Å². The summed E-state index contributed by atoms with van der Waals surface area (Å²) >= 11 is 0. The Morgan fingerprint density at radius 1 is 1.33 bits per heavy atom. The van der Waals surface area contributed by atoms with Gasteiger partial charge in [-0.1, -0.05) is 6.07 Å². The number of hydrogen-bond donors (Lipinski definition) is 2. The Labute approximate surface area is 156 Å². The van der Waals surface area contributed by atoms with E-state index in [2.05, 4.69) is 15.6 Å². The maximum atomic E-state index is 13.5. The molecule has 0 aliphatic carbocycles. The molecular formula is C20H21FN4O2. The van der Waals surface area contributed by atoms with Crippen molar-refractivity contribution in [1.29, 1.82) is 0 Å². The van der Waals surface area contributed by atoms with Gasteiger partial charge >= 0.3 is 0 Å². The SMILES string of the molecule is CNC(=O)c1cc(NC2CCOc3cc(F)ccc32)c2nc(C)c(C)n2c1. The molecule has 1 unspecified atom stereocenters.